The molecule has 0 bridgehead atoms. The zero-order valence-corrected chi connectivity index (χ0v) is 9.99. The van der Waals surface area contributed by atoms with Gasteiger partial charge in [0.05, 0.1) is 0 Å². The van der Waals surface area contributed by atoms with Gasteiger partial charge in [-0.3, -0.25) is 14.3 Å². The Kier molecular flexibility index (Phi) is 3.50. The van der Waals surface area contributed by atoms with Gasteiger partial charge >= 0.3 is 5.69 Å². The number of aliphatic hydroxyl groups excluding tert-OH is 2. The van der Waals surface area contributed by atoms with Crippen LogP contribution in [0.25, 0.3) is 0 Å². The topological polar surface area (TPSA) is 125 Å². The minimum Gasteiger partial charge on any atom is -0.390 e. The molecule has 2 rings (SSSR count). The van der Waals surface area contributed by atoms with Crippen molar-refractivity contribution in [3.63, 3.8) is 0 Å². The van der Waals surface area contributed by atoms with Crippen molar-refractivity contribution in [1.29, 1.82) is 0 Å². The van der Waals surface area contributed by atoms with Gasteiger partial charge in [0.2, 0.25) is 0 Å². The molecule has 4 atom stereocenters. The smallest absolute Gasteiger partial charge is 0.330 e. The molecular formula is C10H12F2N2O6. The van der Waals surface area contributed by atoms with Crippen molar-refractivity contribution in [3.8, 4) is 0 Å². The molecule has 0 radical (unpaired) electrons. The van der Waals surface area contributed by atoms with Crippen LogP contribution >= 0.6 is 0 Å². The number of hydrogen-bond acceptors (Lipinski definition) is 6. The lowest BCUT2D eigenvalue weighted by atomic mass is 9.94. The number of rotatable bonds is 3. The Labute approximate surface area is 109 Å². The predicted octanol–water partition coefficient (Wildman–Crippen LogP) is -2.21. The van der Waals surface area contributed by atoms with Gasteiger partial charge in [-0.25, -0.2) is 13.6 Å². The lowest BCUT2D eigenvalue weighted by molar-refractivity contribution is -0.207. The van der Waals surface area contributed by atoms with Gasteiger partial charge in [-0.15, -0.1) is 0 Å². The molecule has 4 N–H and O–H groups in total. The molecule has 20 heavy (non-hydrogen) atoms. The Balaban J connectivity index is 2.55. The minimum atomic E-state index is -3.14. The fourth-order valence-electron chi connectivity index (χ4n) is 2.03. The van der Waals surface area contributed by atoms with E-state index in [0.717, 1.165) is 12.3 Å². The molecule has 112 valence electrons. The van der Waals surface area contributed by atoms with E-state index in [2.05, 4.69) is 4.74 Å². The summed E-state index contributed by atoms with van der Waals surface area (Å²) >= 11 is 0. The van der Waals surface area contributed by atoms with Gasteiger partial charge in [0.25, 0.3) is 11.4 Å². The van der Waals surface area contributed by atoms with E-state index in [-0.39, 0.29) is 0 Å². The fourth-order valence-corrected chi connectivity index (χ4v) is 2.03. The van der Waals surface area contributed by atoms with Crippen molar-refractivity contribution in [2.24, 2.45) is 0 Å². The van der Waals surface area contributed by atoms with Crippen molar-refractivity contribution in [3.05, 3.63) is 33.1 Å². The molecule has 1 aliphatic heterocycles. The Bertz CT molecular complexity index is 618. The predicted molar refractivity (Wildman–Crippen MR) is 59.3 cm³/mol. The number of aliphatic hydroxyl groups is 3. The number of hydrogen-bond donors (Lipinski definition) is 4. The first-order chi connectivity index (χ1) is 9.28. The highest BCUT2D eigenvalue weighted by Crippen LogP contribution is 2.44. The van der Waals surface area contributed by atoms with Crippen LogP contribution in [-0.2, 0) is 4.74 Å². The number of alkyl halides is 2. The molecule has 1 fully saturated rings. The number of nitrogens with one attached hydrogen (secondary N) is 1. The fraction of sp³-hybridized carbons (Fsp3) is 0.600. The zero-order valence-electron chi connectivity index (χ0n) is 9.99. The second-order valence-electron chi connectivity index (χ2n) is 4.46. The van der Waals surface area contributed by atoms with Crippen molar-refractivity contribution < 1.29 is 28.8 Å². The highest BCUT2D eigenvalue weighted by Gasteiger charge is 2.65. The number of nitrogens with zero attached hydrogens (tertiary/aromatic N) is 1. The van der Waals surface area contributed by atoms with E-state index in [0.29, 0.717) is 4.57 Å². The van der Waals surface area contributed by atoms with E-state index >= 15 is 0 Å². The molecule has 1 aliphatic rings. The maximum absolute atomic E-state index is 14.0. The largest absolute Gasteiger partial charge is 0.390 e. The van der Waals surface area contributed by atoms with Gasteiger partial charge in [0, 0.05) is 12.3 Å². The Hall–Kier alpha value is -1.62. The van der Waals surface area contributed by atoms with Crippen molar-refractivity contribution in [2.45, 2.75) is 23.8 Å². The third kappa shape index (κ3) is 1.97. The van der Waals surface area contributed by atoms with Crippen LogP contribution in [0.3, 0.4) is 0 Å². The van der Waals surface area contributed by atoms with Crippen LogP contribution in [-0.4, -0.2) is 55.7 Å². The first kappa shape index (κ1) is 14.8. The molecule has 1 aromatic heterocycles. The third-order valence-electron chi connectivity index (χ3n) is 3.15. The van der Waals surface area contributed by atoms with Gasteiger partial charge in [-0.1, -0.05) is 0 Å². The second kappa shape index (κ2) is 4.74. The van der Waals surface area contributed by atoms with Gasteiger partial charge in [-0.2, -0.15) is 0 Å². The summed E-state index contributed by atoms with van der Waals surface area (Å²) in [4.78, 5) is 24.3. The average molecular weight is 294 g/mol. The van der Waals surface area contributed by atoms with Gasteiger partial charge in [0.15, 0.2) is 17.9 Å². The lowest BCUT2D eigenvalue weighted by Crippen LogP contribution is -2.53. The molecular weight excluding hydrogens is 282 g/mol. The summed E-state index contributed by atoms with van der Waals surface area (Å²) in [5.74, 6) is -3.14. The summed E-state index contributed by atoms with van der Waals surface area (Å²) in [5.41, 5.74) is -4.65. The van der Waals surface area contributed by atoms with Crippen molar-refractivity contribution in [2.75, 3.05) is 13.3 Å². The summed E-state index contributed by atoms with van der Waals surface area (Å²) in [6.45, 7) is -3.00. The van der Waals surface area contributed by atoms with Crippen LogP contribution in [0.1, 0.15) is 6.23 Å². The molecule has 0 amide bonds. The van der Waals surface area contributed by atoms with Crippen LogP contribution in [0.5, 0.6) is 0 Å². The third-order valence-corrected chi connectivity index (χ3v) is 3.15. The number of H-pyrrole nitrogens is 1. The number of halogens is 2. The van der Waals surface area contributed by atoms with E-state index in [1.165, 1.54) is 0 Å². The van der Waals surface area contributed by atoms with Gasteiger partial charge in [-0.05, 0) is 0 Å². The average Bonchev–Trinajstić information content (AvgIpc) is 2.62. The van der Waals surface area contributed by atoms with Gasteiger partial charge in [0.1, 0.15) is 13.3 Å². The Morgan fingerprint density at radius 3 is 2.65 bits per heavy atom. The van der Waals surface area contributed by atoms with Gasteiger partial charge < -0.3 is 20.1 Å². The highest BCUT2D eigenvalue weighted by atomic mass is 19.2. The minimum absolute atomic E-state index is 0.515. The van der Waals surface area contributed by atoms with E-state index in [1.54, 1.807) is 0 Å². The zero-order chi connectivity index (χ0) is 15.1. The van der Waals surface area contributed by atoms with Crippen LogP contribution in [0, 0.1) is 0 Å². The lowest BCUT2D eigenvalue weighted by Gasteiger charge is -2.28. The maximum Gasteiger partial charge on any atom is 0.330 e. The summed E-state index contributed by atoms with van der Waals surface area (Å²) in [7, 11) is 0. The van der Waals surface area contributed by atoms with Crippen molar-refractivity contribution >= 4 is 0 Å². The van der Waals surface area contributed by atoms with E-state index in [9.17, 15) is 28.6 Å². The normalized spacial score (nSPS) is 37.2. The van der Waals surface area contributed by atoms with Crippen LogP contribution in [0.15, 0.2) is 21.9 Å². The molecule has 0 spiro atoms. The van der Waals surface area contributed by atoms with Crippen molar-refractivity contribution in [1.82, 2.24) is 9.55 Å². The molecule has 10 heteroatoms. The number of aromatic amines is 1. The Morgan fingerprint density at radius 1 is 1.50 bits per heavy atom. The maximum atomic E-state index is 14.0. The van der Waals surface area contributed by atoms with E-state index < -0.39 is 48.3 Å². The molecule has 8 nitrogen and oxygen atoms in total. The summed E-state index contributed by atoms with van der Waals surface area (Å²) < 4.78 is 32.2. The summed E-state index contributed by atoms with van der Waals surface area (Å²) in [6, 6.07) is 0.868. The Morgan fingerprint density at radius 2 is 2.15 bits per heavy atom. The molecule has 1 saturated heterocycles. The standard InChI is InChI=1S/C10H12F2N2O6/c11-3-9(19)6(17)10(12,4-15)20-7(9)14-2-1-5(16)13-8(14)18/h1-2,6-7,15,17,19H,3-4H2,(H,13,16,18)/t6-,7?,9+,10+/m0/s1. The number of ether oxygens (including phenoxy) is 1. The summed E-state index contributed by atoms with van der Waals surface area (Å²) in [6.07, 6.45) is -3.53. The SMILES string of the molecule is O=c1ccn(C2O[C@](F)(CO)[C@@H](O)[C@]2(O)CF)c(=O)[nH]1. The van der Waals surface area contributed by atoms with Crippen LogP contribution in [0.4, 0.5) is 8.78 Å². The van der Waals surface area contributed by atoms with E-state index in [1.807, 2.05) is 4.98 Å². The first-order valence-corrected chi connectivity index (χ1v) is 5.54. The van der Waals surface area contributed by atoms with Crippen LogP contribution in [0.2, 0.25) is 0 Å². The molecule has 0 aromatic carbocycles. The monoisotopic (exact) mass is 294 g/mol. The summed E-state index contributed by atoms with van der Waals surface area (Å²) in [5, 5.41) is 28.5. The molecule has 1 aromatic rings. The number of aromatic nitrogens is 2. The second-order valence-corrected chi connectivity index (χ2v) is 4.46. The molecule has 2 heterocycles. The van der Waals surface area contributed by atoms with Crippen LogP contribution < -0.4 is 11.2 Å². The molecule has 0 aliphatic carbocycles. The first-order valence-electron chi connectivity index (χ1n) is 5.54. The molecule has 0 saturated carbocycles. The molecule has 1 unspecified atom stereocenters. The van der Waals surface area contributed by atoms with E-state index in [4.69, 9.17) is 5.11 Å². The highest BCUT2D eigenvalue weighted by molar-refractivity contribution is 5.06. The quantitative estimate of drug-likeness (QED) is 0.501.